The summed E-state index contributed by atoms with van der Waals surface area (Å²) in [6.07, 6.45) is 12.4. The van der Waals surface area contributed by atoms with E-state index in [0.717, 1.165) is 11.5 Å². The van der Waals surface area contributed by atoms with Crippen molar-refractivity contribution in [3.05, 3.63) is 59.7 Å². The van der Waals surface area contributed by atoms with E-state index in [1.807, 2.05) is 24.3 Å². The normalized spacial score (nSPS) is 19.1. The minimum atomic E-state index is -3.29. The van der Waals surface area contributed by atoms with Gasteiger partial charge in [-0.15, -0.1) is 0 Å². The molecule has 0 N–H and O–H groups in total. The maximum Gasteiger partial charge on any atom is 0.427 e. The predicted molar refractivity (Wildman–Crippen MR) is 119 cm³/mol. The lowest BCUT2D eigenvalue weighted by Crippen LogP contribution is -2.09. The van der Waals surface area contributed by atoms with Gasteiger partial charge in [0, 0.05) is 0 Å². The van der Waals surface area contributed by atoms with E-state index in [4.69, 9.17) is 9.05 Å². The Morgan fingerprint density at radius 3 is 1.45 bits per heavy atom. The summed E-state index contributed by atoms with van der Waals surface area (Å²) < 4.78 is 25.5. The molecule has 0 aliphatic heterocycles. The Kier molecular flexibility index (Phi) is 6.65. The predicted octanol–water partition coefficient (Wildman–Crippen LogP) is 8.06. The van der Waals surface area contributed by atoms with Crippen LogP contribution in [-0.4, -0.2) is 6.66 Å². The first-order chi connectivity index (χ1) is 14.1. The van der Waals surface area contributed by atoms with Crippen LogP contribution in [0.15, 0.2) is 48.5 Å². The van der Waals surface area contributed by atoms with Crippen molar-refractivity contribution < 1.29 is 13.6 Å². The van der Waals surface area contributed by atoms with Crippen LogP contribution in [0.1, 0.15) is 87.2 Å². The quantitative estimate of drug-likeness (QED) is 0.450. The zero-order valence-electron chi connectivity index (χ0n) is 17.5. The molecular formula is C25H33O3P. The number of rotatable bonds is 6. The van der Waals surface area contributed by atoms with Gasteiger partial charge in [-0.3, -0.25) is 0 Å². The van der Waals surface area contributed by atoms with Gasteiger partial charge < -0.3 is 9.05 Å². The van der Waals surface area contributed by atoms with Crippen LogP contribution in [0.3, 0.4) is 0 Å². The highest BCUT2D eigenvalue weighted by atomic mass is 31.2. The summed E-state index contributed by atoms with van der Waals surface area (Å²) in [6, 6.07) is 16.2. The van der Waals surface area contributed by atoms with Crippen molar-refractivity contribution in [1.82, 2.24) is 0 Å². The molecule has 2 aromatic rings. The maximum absolute atomic E-state index is 13.4. The third-order valence-corrected chi connectivity index (χ3v) is 7.51. The van der Waals surface area contributed by atoms with Gasteiger partial charge in [-0.05, 0) is 60.8 Å². The Balaban J connectivity index is 1.53. The number of benzene rings is 2. The molecule has 2 aromatic carbocycles. The molecule has 0 heterocycles. The van der Waals surface area contributed by atoms with Crippen LogP contribution in [0.4, 0.5) is 0 Å². The monoisotopic (exact) mass is 412 g/mol. The first-order valence-electron chi connectivity index (χ1n) is 11.3. The van der Waals surface area contributed by atoms with Crippen LogP contribution < -0.4 is 9.05 Å². The van der Waals surface area contributed by atoms with Gasteiger partial charge in [-0.25, -0.2) is 4.57 Å². The summed E-state index contributed by atoms with van der Waals surface area (Å²) >= 11 is 0. The molecule has 3 nitrogen and oxygen atoms in total. The van der Waals surface area contributed by atoms with E-state index < -0.39 is 7.60 Å². The van der Waals surface area contributed by atoms with E-state index in [2.05, 4.69) is 24.3 Å². The summed E-state index contributed by atoms with van der Waals surface area (Å²) in [5, 5.41) is 0. The van der Waals surface area contributed by atoms with Crippen molar-refractivity contribution in [1.29, 1.82) is 0 Å². The lowest BCUT2D eigenvalue weighted by molar-refractivity contribution is 0.376. The summed E-state index contributed by atoms with van der Waals surface area (Å²) in [4.78, 5) is 0. The van der Waals surface area contributed by atoms with Crippen molar-refractivity contribution >= 4 is 7.60 Å². The molecule has 2 fully saturated rings. The fraction of sp³-hybridized carbons (Fsp3) is 0.520. The van der Waals surface area contributed by atoms with Crippen molar-refractivity contribution in [3.63, 3.8) is 0 Å². The number of hydrogen-bond donors (Lipinski definition) is 0. The molecule has 0 atom stereocenters. The molecular weight excluding hydrogens is 379 g/mol. The second-order valence-corrected chi connectivity index (χ2v) is 10.6. The van der Waals surface area contributed by atoms with Crippen LogP contribution in [0.25, 0.3) is 0 Å². The summed E-state index contributed by atoms with van der Waals surface area (Å²) in [7, 11) is -3.29. The van der Waals surface area contributed by atoms with Crippen molar-refractivity contribution in [2.24, 2.45) is 0 Å². The lowest BCUT2D eigenvalue weighted by atomic mass is 9.84. The third-order valence-electron chi connectivity index (χ3n) is 6.46. The maximum atomic E-state index is 13.4. The highest BCUT2D eigenvalue weighted by Gasteiger charge is 2.27. The average Bonchev–Trinajstić information content (AvgIpc) is 2.75. The largest absolute Gasteiger partial charge is 0.427 e. The minimum absolute atomic E-state index is 0.495. The molecule has 4 rings (SSSR count). The fourth-order valence-electron chi connectivity index (χ4n) is 5.00. The number of hydrogen-bond acceptors (Lipinski definition) is 3. The van der Waals surface area contributed by atoms with Crippen LogP contribution in [0, 0.1) is 0 Å². The first-order valence-corrected chi connectivity index (χ1v) is 13.3. The van der Waals surface area contributed by atoms with Gasteiger partial charge in [-0.2, -0.15) is 0 Å². The molecule has 2 aliphatic carbocycles. The van der Waals surface area contributed by atoms with Crippen molar-refractivity contribution in [3.8, 4) is 11.5 Å². The molecule has 0 saturated heterocycles. The summed E-state index contributed by atoms with van der Waals surface area (Å²) in [5.41, 5.74) is 2.36. The second-order valence-electron chi connectivity index (χ2n) is 8.70. The molecule has 0 spiro atoms. The minimum Gasteiger partial charge on any atom is -0.416 e. The molecule has 29 heavy (non-hydrogen) atoms. The van der Waals surface area contributed by atoms with Crippen molar-refractivity contribution in [2.75, 3.05) is 6.66 Å². The van der Waals surface area contributed by atoms with E-state index in [0.29, 0.717) is 11.8 Å². The highest BCUT2D eigenvalue weighted by molar-refractivity contribution is 7.53. The lowest BCUT2D eigenvalue weighted by Gasteiger charge is -2.27. The summed E-state index contributed by atoms with van der Waals surface area (Å²) in [5.74, 6) is 2.43. The van der Waals surface area contributed by atoms with Crippen LogP contribution in [0.5, 0.6) is 11.5 Å². The Hall–Kier alpha value is -1.73. The standard InChI is InChI=1S/C25H33O3P/c1-29(26,27-24-18-10-8-16-22(24)20-12-4-2-5-13-20)28-25-19-11-9-17-23(25)21-14-6-3-7-15-21/h8-11,16-21H,2-7,12-15H2,1H3. The van der Waals surface area contributed by atoms with Gasteiger partial charge in [0.05, 0.1) is 6.66 Å². The van der Waals surface area contributed by atoms with Gasteiger partial charge >= 0.3 is 7.60 Å². The zero-order valence-corrected chi connectivity index (χ0v) is 18.4. The van der Waals surface area contributed by atoms with E-state index >= 15 is 0 Å². The molecule has 156 valence electrons. The molecule has 2 aliphatic rings. The molecule has 0 radical (unpaired) electrons. The molecule has 4 heteroatoms. The molecule has 0 bridgehead atoms. The Morgan fingerprint density at radius 1 is 0.655 bits per heavy atom. The van der Waals surface area contributed by atoms with Gasteiger partial charge in [0.2, 0.25) is 0 Å². The molecule has 0 unspecified atom stereocenters. The van der Waals surface area contributed by atoms with E-state index in [9.17, 15) is 4.57 Å². The van der Waals surface area contributed by atoms with E-state index in [-0.39, 0.29) is 0 Å². The Bertz CT molecular complexity index is 783. The fourth-order valence-corrected chi connectivity index (χ4v) is 6.09. The molecule has 2 saturated carbocycles. The van der Waals surface area contributed by atoms with Gasteiger partial charge in [0.15, 0.2) is 0 Å². The molecule has 0 amide bonds. The van der Waals surface area contributed by atoms with Crippen LogP contribution >= 0.6 is 7.60 Å². The second kappa shape index (κ2) is 9.39. The topological polar surface area (TPSA) is 35.5 Å². The Morgan fingerprint density at radius 2 is 1.03 bits per heavy atom. The van der Waals surface area contributed by atoms with Gasteiger partial charge in [0.1, 0.15) is 11.5 Å². The van der Waals surface area contributed by atoms with E-state index in [1.165, 1.54) is 75.3 Å². The summed E-state index contributed by atoms with van der Waals surface area (Å²) in [6.45, 7) is 1.60. The molecule has 0 aromatic heterocycles. The first kappa shape index (κ1) is 20.5. The zero-order chi connectivity index (χ0) is 20.1. The van der Waals surface area contributed by atoms with Gasteiger partial charge in [-0.1, -0.05) is 74.9 Å². The van der Waals surface area contributed by atoms with Crippen LogP contribution in [-0.2, 0) is 4.57 Å². The van der Waals surface area contributed by atoms with Crippen LogP contribution in [0.2, 0.25) is 0 Å². The third kappa shape index (κ3) is 5.25. The highest BCUT2D eigenvalue weighted by Crippen LogP contribution is 2.50. The Labute approximate surface area is 175 Å². The average molecular weight is 413 g/mol. The smallest absolute Gasteiger partial charge is 0.416 e. The van der Waals surface area contributed by atoms with Crippen molar-refractivity contribution in [2.45, 2.75) is 76.0 Å². The SMILES string of the molecule is CP(=O)(Oc1ccccc1C1CCCCC1)Oc1ccccc1C1CCCCC1. The van der Waals surface area contributed by atoms with Gasteiger partial charge in [0.25, 0.3) is 0 Å². The number of para-hydroxylation sites is 2. The van der Waals surface area contributed by atoms with E-state index in [1.54, 1.807) is 6.66 Å².